The summed E-state index contributed by atoms with van der Waals surface area (Å²) in [4.78, 5) is 16.2. The lowest BCUT2D eigenvalue weighted by molar-refractivity contribution is 0.323. The Bertz CT molecular complexity index is 785. The maximum atomic E-state index is 12.2. The highest BCUT2D eigenvalue weighted by Crippen LogP contribution is 2.13. The van der Waals surface area contributed by atoms with Gasteiger partial charge in [0.25, 0.3) is 17.2 Å². The van der Waals surface area contributed by atoms with Crippen LogP contribution in [-0.4, -0.2) is 27.0 Å². The first-order valence-electron chi connectivity index (χ1n) is 5.50. The van der Waals surface area contributed by atoms with Gasteiger partial charge in [0.15, 0.2) is 5.76 Å². The second-order valence-electron chi connectivity index (χ2n) is 3.96. The van der Waals surface area contributed by atoms with Crippen molar-refractivity contribution in [1.82, 2.24) is 19.9 Å². The molecule has 3 aromatic heterocycles. The van der Waals surface area contributed by atoms with Crippen molar-refractivity contribution in [2.24, 2.45) is 0 Å². The molecule has 0 fully saturated rings. The zero-order valence-electron chi connectivity index (χ0n) is 10.3. The molecule has 98 valence electrons. The highest BCUT2D eigenvalue weighted by Gasteiger charge is 2.13. The number of hydrogen-bond donors (Lipinski definition) is 0. The van der Waals surface area contributed by atoms with Gasteiger partial charge in [0, 0.05) is 6.07 Å². The Labute approximate surface area is 106 Å². The molecular formula is C11H10N4O4. The molecular weight excluding hydrogens is 252 g/mol. The third-order valence-electron chi connectivity index (χ3n) is 2.71. The van der Waals surface area contributed by atoms with E-state index in [2.05, 4.69) is 15.3 Å². The first-order chi connectivity index (χ1) is 9.19. The molecule has 3 aromatic rings. The largest absolute Gasteiger partial charge is 0.479 e. The summed E-state index contributed by atoms with van der Waals surface area (Å²) in [6, 6.07) is 1.61. The molecule has 0 aromatic carbocycles. The zero-order chi connectivity index (χ0) is 13.4. The Morgan fingerprint density at radius 2 is 2.21 bits per heavy atom. The second kappa shape index (κ2) is 4.23. The van der Waals surface area contributed by atoms with Gasteiger partial charge in [0.05, 0.1) is 19.3 Å². The Hall–Kier alpha value is -2.64. The van der Waals surface area contributed by atoms with Gasteiger partial charge < -0.3 is 13.8 Å². The van der Waals surface area contributed by atoms with Crippen molar-refractivity contribution in [3.8, 4) is 5.88 Å². The van der Waals surface area contributed by atoms with Gasteiger partial charge in [0.1, 0.15) is 11.7 Å². The molecule has 0 aliphatic carbocycles. The average Bonchev–Trinajstić information content (AvgIpc) is 3.00. The van der Waals surface area contributed by atoms with E-state index in [0.29, 0.717) is 22.7 Å². The summed E-state index contributed by atoms with van der Waals surface area (Å²) in [6.45, 7) is 1.90. The minimum Gasteiger partial charge on any atom is -0.479 e. The molecule has 0 N–H and O–H groups in total. The van der Waals surface area contributed by atoms with E-state index in [0.717, 1.165) is 0 Å². The molecule has 3 rings (SSSR count). The minimum absolute atomic E-state index is 0.211. The van der Waals surface area contributed by atoms with Crippen LogP contribution in [0.2, 0.25) is 0 Å². The van der Waals surface area contributed by atoms with E-state index in [1.807, 2.05) is 0 Å². The molecule has 0 radical (unpaired) electrons. The fraction of sp³-hybridized carbons (Fsp3) is 0.273. The third kappa shape index (κ3) is 1.86. The van der Waals surface area contributed by atoms with Gasteiger partial charge in [0.2, 0.25) is 0 Å². The minimum atomic E-state index is -0.237. The van der Waals surface area contributed by atoms with Crippen molar-refractivity contribution in [3.63, 3.8) is 0 Å². The first-order valence-corrected chi connectivity index (χ1v) is 5.50. The van der Waals surface area contributed by atoms with Crippen LogP contribution in [0.15, 0.2) is 26.2 Å². The van der Waals surface area contributed by atoms with E-state index < -0.39 is 0 Å². The number of hydrogen-bond acceptors (Lipinski definition) is 7. The molecule has 8 heteroatoms. The second-order valence-corrected chi connectivity index (χ2v) is 3.96. The third-order valence-corrected chi connectivity index (χ3v) is 2.71. The summed E-state index contributed by atoms with van der Waals surface area (Å²) in [5, 5.41) is 7.75. The molecule has 0 spiro atoms. The molecule has 0 aliphatic rings. The predicted molar refractivity (Wildman–Crippen MR) is 63.0 cm³/mol. The number of fused-ring (bicyclic) bond motifs is 1. The van der Waals surface area contributed by atoms with E-state index in [1.54, 1.807) is 13.0 Å². The topological polar surface area (TPSA) is 96.2 Å². The molecule has 0 atom stereocenters. The van der Waals surface area contributed by atoms with Crippen LogP contribution in [0.3, 0.4) is 0 Å². The van der Waals surface area contributed by atoms with Crippen LogP contribution in [0.25, 0.3) is 11.1 Å². The average molecular weight is 262 g/mol. The van der Waals surface area contributed by atoms with Crippen molar-refractivity contribution in [1.29, 1.82) is 0 Å². The number of aromatic nitrogens is 4. The molecule has 3 heterocycles. The summed E-state index contributed by atoms with van der Waals surface area (Å²) in [7, 11) is 1.49. The van der Waals surface area contributed by atoms with Gasteiger partial charge in [-0.25, -0.2) is 4.98 Å². The quantitative estimate of drug-likeness (QED) is 0.686. The van der Waals surface area contributed by atoms with Crippen molar-refractivity contribution in [2.75, 3.05) is 7.11 Å². The molecule has 0 bridgehead atoms. The Morgan fingerprint density at radius 1 is 1.37 bits per heavy atom. The van der Waals surface area contributed by atoms with Crippen LogP contribution >= 0.6 is 0 Å². The smallest absolute Gasteiger partial charge is 0.267 e. The maximum Gasteiger partial charge on any atom is 0.267 e. The Morgan fingerprint density at radius 3 is 2.95 bits per heavy atom. The van der Waals surface area contributed by atoms with E-state index in [1.165, 1.54) is 18.0 Å². The van der Waals surface area contributed by atoms with Crippen molar-refractivity contribution < 1.29 is 13.8 Å². The lowest BCUT2D eigenvalue weighted by atomic mass is 10.3. The lowest BCUT2D eigenvalue weighted by Crippen LogP contribution is -2.20. The van der Waals surface area contributed by atoms with Gasteiger partial charge in [-0.05, 0) is 12.1 Å². The first kappa shape index (κ1) is 11.5. The van der Waals surface area contributed by atoms with E-state index in [-0.39, 0.29) is 17.8 Å². The van der Waals surface area contributed by atoms with Crippen LogP contribution in [0.4, 0.5) is 0 Å². The monoisotopic (exact) mass is 262 g/mol. The van der Waals surface area contributed by atoms with Crippen molar-refractivity contribution >= 4 is 11.1 Å². The molecule has 0 amide bonds. The molecule has 0 aliphatic heterocycles. The normalized spacial score (nSPS) is 11.1. The summed E-state index contributed by atoms with van der Waals surface area (Å²) < 4.78 is 16.3. The van der Waals surface area contributed by atoms with Crippen LogP contribution in [0, 0.1) is 6.92 Å². The number of methoxy groups -OCH3 is 1. The number of ether oxygens (including phenoxy) is 1. The van der Waals surface area contributed by atoms with Gasteiger partial charge >= 0.3 is 0 Å². The molecule has 0 saturated heterocycles. The summed E-state index contributed by atoms with van der Waals surface area (Å²) >= 11 is 0. The highest BCUT2D eigenvalue weighted by molar-refractivity contribution is 5.73. The number of rotatable bonds is 3. The SMILES string of the molecule is COc1cc(Cn2cnc3onc(C)c3c2=O)on1. The standard InChI is InChI=1S/C11H10N4O4/c1-6-9-10(19-13-6)12-5-15(11(9)16)4-7-3-8(17-2)14-18-7/h3,5H,4H2,1-2H3. The summed E-state index contributed by atoms with van der Waals surface area (Å²) in [6.07, 6.45) is 1.38. The molecule has 8 nitrogen and oxygen atoms in total. The lowest BCUT2D eigenvalue weighted by Gasteiger charge is -2.00. The fourth-order valence-corrected chi connectivity index (χ4v) is 1.76. The predicted octanol–water partition coefficient (Wildman–Crippen LogP) is 0.738. The molecule has 0 unspecified atom stereocenters. The van der Waals surface area contributed by atoms with E-state index in [9.17, 15) is 4.79 Å². The van der Waals surface area contributed by atoms with Gasteiger partial charge in [-0.2, -0.15) is 0 Å². The van der Waals surface area contributed by atoms with Gasteiger partial charge in [-0.3, -0.25) is 9.36 Å². The van der Waals surface area contributed by atoms with E-state index in [4.69, 9.17) is 13.8 Å². The van der Waals surface area contributed by atoms with Crippen molar-refractivity contribution in [2.45, 2.75) is 13.5 Å². The van der Waals surface area contributed by atoms with E-state index >= 15 is 0 Å². The van der Waals surface area contributed by atoms with Crippen LogP contribution in [0.5, 0.6) is 5.88 Å². The van der Waals surface area contributed by atoms with Gasteiger partial charge in [-0.1, -0.05) is 5.16 Å². The Balaban J connectivity index is 2.03. The van der Waals surface area contributed by atoms with Crippen molar-refractivity contribution in [3.05, 3.63) is 34.2 Å². The Kier molecular flexibility index (Phi) is 2.55. The number of nitrogens with zero attached hydrogens (tertiary/aromatic N) is 4. The van der Waals surface area contributed by atoms with Crippen LogP contribution in [0.1, 0.15) is 11.5 Å². The zero-order valence-corrected chi connectivity index (χ0v) is 10.3. The van der Waals surface area contributed by atoms with Gasteiger partial charge in [-0.15, -0.1) is 0 Å². The summed E-state index contributed by atoms with van der Waals surface area (Å²) in [5.41, 5.74) is 0.505. The fourth-order valence-electron chi connectivity index (χ4n) is 1.76. The number of aryl methyl sites for hydroxylation is 1. The maximum absolute atomic E-state index is 12.2. The summed E-state index contributed by atoms with van der Waals surface area (Å²) in [5.74, 6) is 0.854. The highest BCUT2D eigenvalue weighted by atomic mass is 16.5. The molecule has 19 heavy (non-hydrogen) atoms. The molecule has 0 saturated carbocycles. The van der Waals surface area contributed by atoms with Crippen LogP contribution < -0.4 is 10.3 Å². The van der Waals surface area contributed by atoms with Crippen LogP contribution in [-0.2, 0) is 6.54 Å².